The fourth-order valence-corrected chi connectivity index (χ4v) is 4.09. The molecule has 4 rings (SSSR count). The molecule has 0 spiro atoms. The predicted octanol–water partition coefficient (Wildman–Crippen LogP) is 3.80. The van der Waals surface area contributed by atoms with Crippen molar-refractivity contribution in [3.63, 3.8) is 0 Å². The van der Waals surface area contributed by atoms with E-state index in [4.69, 9.17) is 19.7 Å². The van der Waals surface area contributed by atoms with Crippen molar-refractivity contribution < 1.29 is 34.4 Å². The van der Waals surface area contributed by atoms with Gasteiger partial charge in [-0.05, 0) is 42.6 Å². The number of nitrogens with zero attached hydrogens (tertiary/aromatic N) is 1. The highest BCUT2D eigenvalue weighted by Crippen LogP contribution is 2.35. The normalized spacial score (nSPS) is 12.5. The van der Waals surface area contributed by atoms with E-state index in [-0.39, 0.29) is 12.6 Å². The van der Waals surface area contributed by atoms with E-state index in [1.54, 1.807) is 11.3 Å². The Morgan fingerprint density at radius 2 is 1.68 bits per heavy atom. The fraction of sp³-hybridized carbons (Fsp3) is 0.222. The number of thiophene rings is 1. The summed E-state index contributed by atoms with van der Waals surface area (Å²) >= 11 is 1.64. The molecule has 0 saturated heterocycles. The second-order valence-electron chi connectivity index (χ2n) is 8.14. The van der Waals surface area contributed by atoms with Crippen LogP contribution >= 0.6 is 11.3 Å². The van der Waals surface area contributed by atoms with Crippen LogP contribution in [0.15, 0.2) is 78.2 Å². The maximum Gasteiger partial charge on any atom is 0.328 e. The van der Waals surface area contributed by atoms with Crippen LogP contribution in [0.4, 0.5) is 0 Å². The number of aromatic amines is 1. The lowest BCUT2D eigenvalue weighted by atomic mass is 10.1. The van der Waals surface area contributed by atoms with Crippen molar-refractivity contribution in [1.29, 1.82) is 0 Å². The summed E-state index contributed by atoms with van der Waals surface area (Å²) in [6.45, 7) is 3.15. The highest BCUT2D eigenvalue weighted by atomic mass is 32.1. The third kappa shape index (κ3) is 9.04. The molecule has 2 aromatic carbocycles. The summed E-state index contributed by atoms with van der Waals surface area (Å²) < 4.78 is 12.8. The van der Waals surface area contributed by atoms with Gasteiger partial charge in [0.2, 0.25) is 0 Å². The molecule has 10 nitrogen and oxygen atoms in total. The number of aliphatic carboxylic acids is 2. The molecule has 5 N–H and O–H groups in total. The SMILES string of the molecule is CC(COc1ccccc1)NCC(O)COc1ccccc1-c1n[nH]c2ccsc12.O=C(O)/C=C\C(=O)O. The van der Waals surface area contributed by atoms with E-state index in [9.17, 15) is 14.7 Å². The van der Waals surface area contributed by atoms with Crippen molar-refractivity contribution in [3.8, 4) is 22.8 Å². The number of carboxylic acid groups (broad SMARTS) is 2. The molecule has 4 aromatic rings. The van der Waals surface area contributed by atoms with Gasteiger partial charge in [0.15, 0.2) is 0 Å². The molecular weight excluding hydrogens is 510 g/mol. The third-order valence-electron chi connectivity index (χ3n) is 5.06. The average Bonchev–Trinajstić information content (AvgIpc) is 3.54. The Balaban J connectivity index is 0.000000436. The minimum atomic E-state index is -1.26. The molecule has 0 aliphatic carbocycles. The number of H-pyrrole nitrogens is 1. The Hall–Kier alpha value is -4.19. The van der Waals surface area contributed by atoms with Gasteiger partial charge in [-0.2, -0.15) is 5.10 Å². The molecule has 2 unspecified atom stereocenters. The van der Waals surface area contributed by atoms with E-state index >= 15 is 0 Å². The number of hydrogen-bond donors (Lipinski definition) is 5. The Bertz CT molecular complexity index is 1320. The number of nitrogens with one attached hydrogen (secondary N) is 2. The number of carbonyl (C=O) groups is 2. The van der Waals surface area contributed by atoms with Crippen LogP contribution in [0.2, 0.25) is 0 Å². The molecule has 0 fully saturated rings. The van der Waals surface area contributed by atoms with Gasteiger partial charge >= 0.3 is 11.9 Å². The summed E-state index contributed by atoms with van der Waals surface area (Å²) in [6, 6.07) is 19.6. The summed E-state index contributed by atoms with van der Waals surface area (Å²) in [4.78, 5) is 19.1. The zero-order valence-corrected chi connectivity index (χ0v) is 21.4. The zero-order chi connectivity index (χ0) is 27.3. The Kier molecular flexibility index (Phi) is 10.8. The summed E-state index contributed by atoms with van der Waals surface area (Å²) in [7, 11) is 0. The molecule has 2 heterocycles. The minimum absolute atomic E-state index is 0.100. The smallest absolute Gasteiger partial charge is 0.328 e. The maximum atomic E-state index is 10.4. The van der Waals surface area contributed by atoms with Crippen LogP contribution in [-0.2, 0) is 9.59 Å². The maximum absolute atomic E-state index is 10.4. The van der Waals surface area contributed by atoms with Gasteiger partial charge in [0.25, 0.3) is 0 Å². The quantitative estimate of drug-likeness (QED) is 0.169. The first-order valence-corrected chi connectivity index (χ1v) is 12.6. The lowest BCUT2D eigenvalue weighted by Gasteiger charge is -2.18. The zero-order valence-electron chi connectivity index (χ0n) is 20.6. The number of rotatable bonds is 12. The van der Waals surface area contributed by atoms with Gasteiger partial charge in [-0.15, -0.1) is 11.3 Å². The van der Waals surface area contributed by atoms with Crippen molar-refractivity contribution in [2.45, 2.75) is 19.1 Å². The Morgan fingerprint density at radius 3 is 2.39 bits per heavy atom. The molecule has 0 aliphatic rings. The molecule has 200 valence electrons. The molecule has 38 heavy (non-hydrogen) atoms. The molecule has 11 heteroatoms. The van der Waals surface area contributed by atoms with E-state index in [0.717, 1.165) is 27.2 Å². The first-order chi connectivity index (χ1) is 18.3. The number of aromatic nitrogens is 2. The van der Waals surface area contributed by atoms with Crippen molar-refractivity contribution in [2.24, 2.45) is 0 Å². The number of aliphatic hydroxyl groups excluding tert-OH is 1. The Morgan fingerprint density at radius 1 is 1.00 bits per heavy atom. The fourth-order valence-electron chi connectivity index (χ4n) is 3.24. The number of ether oxygens (including phenoxy) is 2. The van der Waals surface area contributed by atoms with Crippen molar-refractivity contribution >= 4 is 33.5 Å². The monoisotopic (exact) mass is 539 g/mol. The van der Waals surface area contributed by atoms with Gasteiger partial charge in [0.05, 0.1) is 10.2 Å². The van der Waals surface area contributed by atoms with Gasteiger partial charge < -0.3 is 30.1 Å². The average molecular weight is 540 g/mol. The highest BCUT2D eigenvalue weighted by Gasteiger charge is 2.15. The first kappa shape index (κ1) is 28.4. The van der Waals surface area contributed by atoms with Crippen molar-refractivity contribution in [1.82, 2.24) is 15.5 Å². The molecule has 0 radical (unpaired) electrons. The predicted molar refractivity (Wildman–Crippen MR) is 145 cm³/mol. The van der Waals surface area contributed by atoms with E-state index in [1.165, 1.54) is 0 Å². The second-order valence-corrected chi connectivity index (χ2v) is 9.06. The lowest BCUT2D eigenvalue weighted by molar-refractivity contribution is -0.134. The van der Waals surface area contributed by atoms with E-state index < -0.39 is 18.0 Å². The van der Waals surface area contributed by atoms with Crippen molar-refractivity contribution in [2.75, 3.05) is 19.8 Å². The third-order valence-corrected chi connectivity index (χ3v) is 5.98. The Labute approximate surface area is 223 Å². The number of benzene rings is 2. The summed E-state index contributed by atoms with van der Waals surface area (Å²) in [5.41, 5.74) is 2.80. The molecular formula is C27H29N3O7S. The van der Waals surface area contributed by atoms with Crippen LogP contribution in [0.1, 0.15) is 6.92 Å². The number of aliphatic hydroxyl groups is 1. The number of para-hydroxylation sites is 2. The van der Waals surface area contributed by atoms with Gasteiger partial charge in [-0.3, -0.25) is 5.10 Å². The van der Waals surface area contributed by atoms with Gasteiger partial charge in [0.1, 0.15) is 36.5 Å². The summed E-state index contributed by atoms with van der Waals surface area (Å²) in [5, 5.41) is 38.8. The van der Waals surface area contributed by atoms with E-state index in [1.807, 2.05) is 73.0 Å². The largest absolute Gasteiger partial charge is 0.492 e. The van der Waals surface area contributed by atoms with Crippen molar-refractivity contribution in [3.05, 3.63) is 78.2 Å². The van der Waals surface area contributed by atoms with Crippen LogP contribution in [0.3, 0.4) is 0 Å². The summed E-state index contributed by atoms with van der Waals surface area (Å²) in [6.07, 6.45) is 0.475. The molecule has 0 bridgehead atoms. The lowest BCUT2D eigenvalue weighted by Crippen LogP contribution is -2.39. The number of carboxylic acids is 2. The molecule has 2 atom stereocenters. The molecule has 0 amide bonds. The second kappa shape index (κ2) is 14.5. The number of fused-ring (bicyclic) bond motifs is 1. The number of hydrogen-bond acceptors (Lipinski definition) is 8. The van der Waals surface area contributed by atoms with Crippen LogP contribution in [-0.4, -0.2) is 69.4 Å². The molecule has 2 aromatic heterocycles. The summed E-state index contributed by atoms with van der Waals surface area (Å²) in [5.74, 6) is -0.969. The molecule has 0 aliphatic heterocycles. The van der Waals surface area contributed by atoms with Gasteiger partial charge in [0, 0.05) is 30.3 Å². The van der Waals surface area contributed by atoms with Crippen LogP contribution in [0.5, 0.6) is 11.5 Å². The van der Waals surface area contributed by atoms with Gasteiger partial charge in [-0.1, -0.05) is 30.3 Å². The first-order valence-electron chi connectivity index (χ1n) is 11.7. The van der Waals surface area contributed by atoms with E-state index in [0.29, 0.717) is 31.1 Å². The highest BCUT2D eigenvalue weighted by molar-refractivity contribution is 7.17. The van der Waals surface area contributed by atoms with Crippen LogP contribution < -0.4 is 14.8 Å². The van der Waals surface area contributed by atoms with Crippen LogP contribution in [0, 0.1) is 0 Å². The topological polar surface area (TPSA) is 154 Å². The van der Waals surface area contributed by atoms with Gasteiger partial charge in [-0.25, -0.2) is 9.59 Å². The standard InChI is InChI=1S/C23H25N3O3S.C4H4O4/c1-16(14-28-18-7-3-2-4-8-18)24-13-17(27)15-29-21-10-6-5-9-19(21)22-23-20(25-26-22)11-12-30-23;5-3(6)1-2-4(7)8/h2-12,16-17,24,27H,13-15H2,1H3,(H,25,26);1-2H,(H,5,6)(H,7,8)/b;2-1-. The van der Waals surface area contributed by atoms with Crippen LogP contribution in [0.25, 0.3) is 21.5 Å². The minimum Gasteiger partial charge on any atom is -0.492 e. The van der Waals surface area contributed by atoms with E-state index in [2.05, 4.69) is 15.5 Å². The molecule has 0 saturated carbocycles.